The van der Waals surface area contributed by atoms with E-state index < -0.39 is 6.10 Å². The van der Waals surface area contributed by atoms with Crippen molar-refractivity contribution in [2.24, 2.45) is 0 Å². The van der Waals surface area contributed by atoms with Crippen molar-refractivity contribution in [3.8, 4) is 5.75 Å². The molecule has 16 heavy (non-hydrogen) atoms. The van der Waals surface area contributed by atoms with Gasteiger partial charge in [-0.2, -0.15) is 0 Å². The highest BCUT2D eigenvalue weighted by Crippen LogP contribution is 2.18. The molecule has 1 amide bonds. The van der Waals surface area contributed by atoms with Crippen molar-refractivity contribution in [1.82, 2.24) is 10.6 Å². The van der Waals surface area contributed by atoms with Crippen LogP contribution in [0.3, 0.4) is 0 Å². The average Bonchev–Trinajstić information content (AvgIpc) is 2.31. The lowest BCUT2D eigenvalue weighted by Crippen LogP contribution is -2.34. The van der Waals surface area contributed by atoms with E-state index in [4.69, 9.17) is 4.74 Å². The monoisotopic (exact) mass is 222 g/mol. The van der Waals surface area contributed by atoms with E-state index in [1.54, 1.807) is 14.0 Å². The number of hydrogen-bond donors (Lipinski definition) is 2. The molecule has 1 aromatic rings. The third-order valence-electron chi connectivity index (χ3n) is 2.26. The minimum atomic E-state index is -0.483. The fourth-order valence-electron chi connectivity index (χ4n) is 1.40. The quantitative estimate of drug-likeness (QED) is 0.779. The van der Waals surface area contributed by atoms with Crippen LogP contribution in [0, 0.1) is 0 Å². The molecule has 1 unspecified atom stereocenters. The number of carbonyl (C=O) groups excluding carboxylic acids is 1. The highest BCUT2D eigenvalue weighted by Gasteiger charge is 2.13. The molecule has 1 aromatic carbocycles. The molecule has 1 atom stereocenters. The molecular weight excluding hydrogens is 204 g/mol. The molecule has 0 fully saturated rings. The van der Waals surface area contributed by atoms with Crippen molar-refractivity contribution >= 4 is 5.91 Å². The molecule has 0 aliphatic heterocycles. The largest absolute Gasteiger partial charge is 0.481 e. The third-order valence-corrected chi connectivity index (χ3v) is 2.26. The third kappa shape index (κ3) is 3.24. The molecule has 1 rings (SSSR count). The molecule has 0 saturated heterocycles. The summed E-state index contributed by atoms with van der Waals surface area (Å²) in [4.78, 5) is 11.3. The number of benzene rings is 1. The maximum atomic E-state index is 11.3. The molecule has 0 spiro atoms. The van der Waals surface area contributed by atoms with Crippen molar-refractivity contribution in [3.05, 3.63) is 29.8 Å². The average molecular weight is 222 g/mol. The Kier molecular flexibility index (Phi) is 4.79. The number of rotatable bonds is 5. The summed E-state index contributed by atoms with van der Waals surface area (Å²) >= 11 is 0. The van der Waals surface area contributed by atoms with Crippen LogP contribution < -0.4 is 15.4 Å². The second kappa shape index (κ2) is 6.12. The summed E-state index contributed by atoms with van der Waals surface area (Å²) in [6, 6.07) is 7.68. The van der Waals surface area contributed by atoms with E-state index in [0.717, 1.165) is 17.9 Å². The topological polar surface area (TPSA) is 50.4 Å². The molecule has 0 heterocycles. The first-order chi connectivity index (χ1) is 7.69. The molecule has 0 aromatic heterocycles. The van der Waals surface area contributed by atoms with Gasteiger partial charge in [0, 0.05) is 19.2 Å². The Hall–Kier alpha value is -1.55. The number of nitrogens with one attached hydrogen (secondary N) is 2. The zero-order chi connectivity index (χ0) is 12.0. The van der Waals surface area contributed by atoms with Crippen molar-refractivity contribution in [1.29, 1.82) is 0 Å². The number of likely N-dealkylation sites (N-methyl/N-ethyl adjacent to an activating group) is 1. The molecule has 0 bridgehead atoms. The van der Waals surface area contributed by atoms with E-state index in [2.05, 4.69) is 10.6 Å². The van der Waals surface area contributed by atoms with Crippen LogP contribution in [-0.4, -0.2) is 26.1 Å². The van der Waals surface area contributed by atoms with E-state index >= 15 is 0 Å². The summed E-state index contributed by atoms with van der Waals surface area (Å²) in [5.74, 6) is 0.618. The van der Waals surface area contributed by atoms with Gasteiger partial charge in [0.2, 0.25) is 0 Å². The molecule has 88 valence electrons. The number of para-hydroxylation sites is 1. The fourth-order valence-corrected chi connectivity index (χ4v) is 1.40. The van der Waals surface area contributed by atoms with E-state index in [0.29, 0.717) is 0 Å². The summed E-state index contributed by atoms with van der Waals surface area (Å²) in [7, 11) is 3.47. The van der Waals surface area contributed by atoms with E-state index in [1.165, 1.54) is 0 Å². The minimum Gasteiger partial charge on any atom is -0.481 e. The van der Waals surface area contributed by atoms with E-state index in [-0.39, 0.29) is 5.91 Å². The summed E-state index contributed by atoms with van der Waals surface area (Å²) in [6.07, 6.45) is -0.483. The lowest BCUT2D eigenvalue weighted by Gasteiger charge is -2.16. The lowest BCUT2D eigenvalue weighted by atomic mass is 10.2. The first-order valence-corrected chi connectivity index (χ1v) is 5.29. The molecule has 4 nitrogen and oxygen atoms in total. The van der Waals surface area contributed by atoms with Gasteiger partial charge >= 0.3 is 0 Å². The van der Waals surface area contributed by atoms with Gasteiger partial charge in [0.15, 0.2) is 6.10 Å². The highest BCUT2D eigenvalue weighted by atomic mass is 16.5. The van der Waals surface area contributed by atoms with Crippen molar-refractivity contribution in [2.75, 3.05) is 14.1 Å². The van der Waals surface area contributed by atoms with Gasteiger partial charge in [0.1, 0.15) is 5.75 Å². The molecule has 2 N–H and O–H groups in total. The number of amides is 1. The maximum absolute atomic E-state index is 11.3. The highest BCUT2D eigenvalue weighted by molar-refractivity contribution is 5.80. The Labute approximate surface area is 96.0 Å². The zero-order valence-corrected chi connectivity index (χ0v) is 9.91. The Morgan fingerprint density at radius 3 is 2.69 bits per heavy atom. The van der Waals surface area contributed by atoms with Crippen LogP contribution in [0.4, 0.5) is 0 Å². The number of ether oxygens (including phenoxy) is 1. The SMILES string of the molecule is CNCc1ccccc1OC(C)C(=O)NC. The number of hydrogen-bond acceptors (Lipinski definition) is 3. The molecular formula is C12H18N2O2. The summed E-state index contributed by atoms with van der Waals surface area (Å²) in [5, 5.41) is 5.62. The Bertz CT molecular complexity index is 353. The zero-order valence-electron chi connectivity index (χ0n) is 9.91. The Morgan fingerprint density at radius 2 is 2.06 bits per heavy atom. The van der Waals surface area contributed by atoms with Crippen molar-refractivity contribution in [3.63, 3.8) is 0 Å². The van der Waals surface area contributed by atoms with Gasteiger partial charge in [-0.15, -0.1) is 0 Å². The van der Waals surface area contributed by atoms with Gasteiger partial charge in [0.05, 0.1) is 0 Å². The molecule has 0 saturated carbocycles. The predicted octanol–water partition coefficient (Wildman–Crippen LogP) is 0.919. The van der Waals surface area contributed by atoms with Gasteiger partial charge in [-0.05, 0) is 20.0 Å². The van der Waals surface area contributed by atoms with Gasteiger partial charge < -0.3 is 15.4 Å². The van der Waals surface area contributed by atoms with Crippen LogP contribution in [0.1, 0.15) is 12.5 Å². The lowest BCUT2D eigenvalue weighted by molar-refractivity contribution is -0.126. The van der Waals surface area contributed by atoms with E-state index in [1.807, 2.05) is 31.3 Å². The second-order valence-corrected chi connectivity index (χ2v) is 3.51. The smallest absolute Gasteiger partial charge is 0.260 e. The van der Waals surface area contributed by atoms with Crippen molar-refractivity contribution in [2.45, 2.75) is 19.6 Å². The minimum absolute atomic E-state index is 0.126. The standard InChI is InChI=1S/C12H18N2O2/c1-9(12(15)14-3)16-11-7-5-4-6-10(11)8-13-2/h4-7,9,13H,8H2,1-3H3,(H,14,15). The van der Waals surface area contributed by atoms with Crippen LogP contribution in [0.2, 0.25) is 0 Å². The summed E-state index contributed by atoms with van der Waals surface area (Å²) in [6.45, 7) is 2.45. The normalized spacial score (nSPS) is 11.9. The first-order valence-electron chi connectivity index (χ1n) is 5.29. The molecule has 0 aliphatic rings. The Balaban J connectivity index is 2.75. The van der Waals surface area contributed by atoms with Crippen LogP contribution in [0.25, 0.3) is 0 Å². The summed E-state index contributed by atoms with van der Waals surface area (Å²) in [5.41, 5.74) is 1.04. The van der Waals surface area contributed by atoms with Crippen molar-refractivity contribution < 1.29 is 9.53 Å². The van der Waals surface area contributed by atoms with Crippen LogP contribution in [0.15, 0.2) is 24.3 Å². The molecule has 4 heteroatoms. The van der Waals surface area contributed by atoms with Gasteiger partial charge in [-0.1, -0.05) is 18.2 Å². The van der Waals surface area contributed by atoms with Gasteiger partial charge in [-0.3, -0.25) is 4.79 Å². The van der Waals surface area contributed by atoms with Crippen LogP contribution in [0.5, 0.6) is 5.75 Å². The van der Waals surface area contributed by atoms with Gasteiger partial charge in [-0.25, -0.2) is 0 Å². The molecule has 0 radical (unpaired) electrons. The summed E-state index contributed by atoms with van der Waals surface area (Å²) < 4.78 is 5.60. The second-order valence-electron chi connectivity index (χ2n) is 3.51. The molecule has 0 aliphatic carbocycles. The van der Waals surface area contributed by atoms with Crippen LogP contribution >= 0.6 is 0 Å². The first kappa shape index (κ1) is 12.5. The predicted molar refractivity (Wildman–Crippen MR) is 63.4 cm³/mol. The fraction of sp³-hybridized carbons (Fsp3) is 0.417. The van der Waals surface area contributed by atoms with Crippen LogP contribution in [-0.2, 0) is 11.3 Å². The maximum Gasteiger partial charge on any atom is 0.260 e. The van der Waals surface area contributed by atoms with Gasteiger partial charge in [0.25, 0.3) is 5.91 Å². The Morgan fingerprint density at radius 1 is 1.38 bits per heavy atom. The number of carbonyl (C=O) groups is 1. The van der Waals surface area contributed by atoms with E-state index in [9.17, 15) is 4.79 Å².